The first kappa shape index (κ1) is 16.6. The number of amides is 2. The van der Waals surface area contributed by atoms with Gasteiger partial charge in [-0.1, -0.05) is 6.08 Å². The molecule has 1 aromatic heterocycles. The number of nitrogens with one attached hydrogen (secondary N) is 2. The highest BCUT2D eigenvalue weighted by atomic mass is 16.3. The lowest BCUT2D eigenvalue weighted by Crippen LogP contribution is -2.45. The molecule has 0 aromatic carbocycles. The Morgan fingerprint density at radius 3 is 3.14 bits per heavy atom. The molecule has 0 bridgehead atoms. The molecule has 2 amide bonds. The molecule has 0 saturated carbocycles. The Bertz CT molecular complexity index is 468. The molecule has 1 aliphatic heterocycles. The fourth-order valence-corrected chi connectivity index (χ4v) is 2.74. The number of carbonyl (C=O) groups excluding carboxylic acids is 1. The lowest BCUT2D eigenvalue weighted by atomic mass is 9.98. The lowest BCUT2D eigenvalue weighted by molar-refractivity contribution is 0.186. The molecule has 1 saturated heterocycles. The van der Waals surface area contributed by atoms with E-state index in [1.807, 2.05) is 32.1 Å². The number of rotatable bonds is 6. The minimum atomic E-state index is -0.0650. The first-order valence-electron chi connectivity index (χ1n) is 8.10. The Morgan fingerprint density at radius 2 is 2.41 bits per heavy atom. The van der Waals surface area contributed by atoms with Gasteiger partial charge in [0.25, 0.3) is 0 Å². The molecule has 2 N–H and O–H groups in total. The van der Waals surface area contributed by atoms with Crippen molar-refractivity contribution in [3.05, 3.63) is 30.2 Å². The Hall–Kier alpha value is -1.75. The average Bonchev–Trinajstić information content (AvgIpc) is 2.98. The summed E-state index contributed by atoms with van der Waals surface area (Å²) in [4.78, 5) is 14.0. The quantitative estimate of drug-likeness (QED) is 0.849. The topological polar surface area (TPSA) is 57.5 Å². The van der Waals surface area contributed by atoms with Gasteiger partial charge in [0.1, 0.15) is 5.76 Å². The normalized spacial score (nSPS) is 19.7. The first-order chi connectivity index (χ1) is 10.6. The van der Waals surface area contributed by atoms with Crippen LogP contribution in [0.4, 0.5) is 4.79 Å². The van der Waals surface area contributed by atoms with Crippen molar-refractivity contribution in [1.82, 2.24) is 15.5 Å². The summed E-state index contributed by atoms with van der Waals surface area (Å²) in [7, 11) is 0. The molecule has 2 heterocycles. The van der Waals surface area contributed by atoms with Gasteiger partial charge in [-0.3, -0.25) is 4.90 Å². The van der Waals surface area contributed by atoms with E-state index in [-0.39, 0.29) is 12.1 Å². The minimum absolute atomic E-state index is 0.0650. The van der Waals surface area contributed by atoms with E-state index >= 15 is 0 Å². The van der Waals surface area contributed by atoms with Gasteiger partial charge in [-0.05, 0) is 57.4 Å². The molecule has 2 rings (SSSR count). The SMILES string of the molecule is CC(C)NC(=O)NC[C@H]1CCCN(C/C=C/c2ccco2)C1. The van der Waals surface area contributed by atoms with Gasteiger partial charge in [-0.25, -0.2) is 4.79 Å². The number of piperidine rings is 1. The van der Waals surface area contributed by atoms with Gasteiger partial charge >= 0.3 is 6.03 Å². The Morgan fingerprint density at radius 1 is 1.55 bits per heavy atom. The molecule has 1 aliphatic rings. The predicted octanol–water partition coefficient (Wildman–Crippen LogP) is 2.71. The van der Waals surface area contributed by atoms with Crippen molar-refractivity contribution in [3.8, 4) is 0 Å². The highest BCUT2D eigenvalue weighted by Crippen LogP contribution is 2.15. The maximum atomic E-state index is 11.6. The van der Waals surface area contributed by atoms with E-state index < -0.39 is 0 Å². The summed E-state index contributed by atoms with van der Waals surface area (Å²) in [5.74, 6) is 1.42. The Kier molecular flexibility index (Phi) is 6.52. The smallest absolute Gasteiger partial charge is 0.314 e. The van der Waals surface area contributed by atoms with Crippen molar-refractivity contribution in [3.63, 3.8) is 0 Å². The third kappa shape index (κ3) is 5.93. The standard InChI is InChI=1S/C17H27N3O2/c1-14(2)19-17(21)18-12-15-6-3-9-20(13-15)10-4-7-16-8-5-11-22-16/h4-5,7-8,11,14-15H,3,6,9-10,12-13H2,1-2H3,(H2,18,19,21)/b7-4+/t15-/m1/s1. The van der Waals surface area contributed by atoms with Crippen molar-refractivity contribution in [2.75, 3.05) is 26.2 Å². The Balaban J connectivity index is 1.69. The van der Waals surface area contributed by atoms with Crippen molar-refractivity contribution >= 4 is 12.1 Å². The summed E-state index contributed by atoms with van der Waals surface area (Å²) < 4.78 is 5.28. The van der Waals surface area contributed by atoms with Crippen LogP contribution in [0.25, 0.3) is 6.08 Å². The molecule has 1 atom stereocenters. The second kappa shape index (κ2) is 8.63. The van der Waals surface area contributed by atoms with Crippen molar-refractivity contribution in [1.29, 1.82) is 0 Å². The zero-order chi connectivity index (χ0) is 15.8. The van der Waals surface area contributed by atoms with E-state index in [9.17, 15) is 4.79 Å². The van der Waals surface area contributed by atoms with E-state index in [1.165, 1.54) is 12.8 Å². The largest absolute Gasteiger partial charge is 0.465 e. The van der Waals surface area contributed by atoms with Crippen LogP contribution in [0.15, 0.2) is 28.9 Å². The third-order valence-corrected chi connectivity index (χ3v) is 3.76. The fourth-order valence-electron chi connectivity index (χ4n) is 2.74. The van der Waals surface area contributed by atoms with Crippen LogP contribution in [0.5, 0.6) is 0 Å². The van der Waals surface area contributed by atoms with Crippen LogP contribution in [0.3, 0.4) is 0 Å². The fraction of sp³-hybridized carbons (Fsp3) is 0.588. The average molecular weight is 305 g/mol. The zero-order valence-corrected chi connectivity index (χ0v) is 13.5. The zero-order valence-electron chi connectivity index (χ0n) is 13.5. The van der Waals surface area contributed by atoms with Crippen LogP contribution in [0.1, 0.15) is 32.4 Å². The molecule has 5 nitrogen and oxygen atoms in total. The summed E-state index contributed by atoms with van der Waals surface area (Å²) in [5, 5.41) is 5.83. The number of hydrogen-bond donors (Lipinski definition) is 2. The van der Waals surface area contributed by atoms with Crippen LogP contribution < -0.4 is 10.6 Å². The molecule has 1 fully saturated rings. The number of nitrogens with zero attached hydrogens (tertiary/aromatic N) is 1. The van der Waals surface area contributed by atoms with E-state index in [1.54, 1.807) is 6.26 Å². The van der Waals surface area contributed by atoms with Gasteiger partial charge < -0.3 is 15.1 Å². The summed E-state index contributed by atoms with van der Waals surface area (Å²) >= 11 is 0. The molecule has 122 valence electrons. The number of furan rings is 1. The van der Waals surface area contributed by atoms with Crippen LogP contribution in [0.2, 0.25) is 0 Å². The predicted molar refractivity (Wildman–Crippen MR) is 88.6 cm³/mol. The second-order valence-corrected chi connectivity index (χ2v) is 6.19. The highest BCUT2D eigenvalue weighted by molar-refractivity contribution is 5.74. The number of likely N-dealkylation sites (tertiary alicyclic amines) is 1. The van der Waals surface area contributed by atoms with Crippen molar-refractivity contribution < 1.29 is 9.21 Å². The third-order valence-electron chi connectivity index (χ3n) is 3.76. The van der Waals surface area contributed by atoms with Gasteiger partial charge in [-0.15, -0.1) is 0 Å². The molecular weight excluding hydrogens is 278 g/mol. The van der Waals surface area contributed by atoms with Crippen molar-refractivity contribution in [2.45, 2.75) is 32.7 Å². The van der Waals surface area contributed by atoms with Crippen LogP contribution in [-0.2, 0) is 0 Å². The molecule has 1 aromatic rings. The summed E-state index contributed by atoms with van der Waals surface area (Å²) in [6.45, 7) is 7.76. The summed E-state index contributed by atoms with van der Waals surface area (Å²) in [6.07, 6.45) is 8.20. The number of hydrogen-bond acceptors (Lipinski definition) is 3. The minimum Gasteiger partial charge on any atom is -0.465 e. The van der Waals surface area contributed by atoms with Gasteiger partial charge in [0.15, 0.2) is 0 Å². The van der Waals surface area contributed by atoms with Crippen LogP contribution in [0, 0.1) is 5.92 Å². The molecule has 0 aliphatic carbocycles. The number of carbonyl (C=O) groups is 1. The second-order valence-electron chi connectivity index (χ2n) is 6.19. The van der Waals surface area contributed by atoms with Gasteiger partial charge in [0.05, 0.1) is 6.26 Å². The first-order valence-corrected chi connectivity index (χ1v) is 8.10. The lowest BCUT2D eigenvalue weighted by Gasteiger charge is -2.32. The van der Waals surface area contributed by atoms with E-state index in [0.717, 1.165) is 31.9 Å². The number of urea groups is 1. The Labute approximate surface area is 132 Å². The molecule has 0 unspecified atom stereocenters. The van der Waals surface area contributed by atoms with E-state index in [4.69, 9.17) is 4.42 Å². The maximum Gasteiger partial charge on any atom is 0.314 e. The monoisotopic (exact) mass is 305 g/mol. The summed E-state index contributed by atoms with van der Waals surface area (Å²) in [5.41, 5.74) is 0. The van der Waals surface area contributed by atoms with E-state index in [2.05, 4.69) is 21.6 Å². The van der Waals surface area contributed by atoms with Gasteiger partial charge in [-0.2, -0.15) is 0 Å². The van der Waals surface area contributed by atoms with Gasteiger partial charge in [0, 0.05) is 25.7 Å². The molecule has 5 heteroatoms. The van der Waals surface area contributed by atoms with Crippen LogP contribution >= 0.6 is 0 Å². The molecular formula is C17H27N3O2. The van der Waals surface area contributed by atoms with Crippen LogP contribution in [-0.4, -0.2) is 43.2 Å². The van der Waals surface area contributed by atoms with E-state index in [0.29, 0.717) is 5.92 Å². The van der Waals surface area contributed by atoms with Gasteiger partial charge in [0.2, 0.25) is 0 Å². The summed E-state index contributed by atoms with van der Waals surface area (Å²) in [6, 6.07) is 3.96. The highest BCUT2D eigenvalue weighted by Gasteiger charge is 2.19. The molecule has 22 heavy (non-hydrogen) atoms. The van der Waals surface area contributed by atoms with Crippen molar-refractivity contribution in [2.24, 2.45) is 5.92 Å². The molecule has 0 spiro atoms. The maximum absolute atomic E-state index is 11.6. The molecule has 0 radical (unpaired) electrons.